The number of nitrogens with zero attached hydrogens (tertiary/aromatic N) is 1. The first kappa shape index (κ1) is 29.5. The quantitative estimate of drug-likeness (QED) is 0.194. The highest BCUT2D eigenvalue weighted by Crippen LogP contribution is 2.47. The van der Waals surface area contributed by atoms with Gasteiger partial charge in [0, 0.05) is 23.3 Å². The number of aromatic nitrogens is 1. The van der Waals surface area contributed by atoms with Crippen LogP contribution in [0, 0.1) is 0 Å². The molecule has 1 aromatic heterocycles. The largest absolute Gasteiger partial charge is 0.512 e. The van der Waals surface area contributed by atoms with Crippen LogP contribution in [0.2, 0.25) is 0 Å². The molecule has 8 heteroatoms. The van der Waals surface area contributed by atoms with Gasteiger partial charge in [0.25, 0.3) is 10.0 Å². The number of carbonyl (C=O) groups excluding carboxylic acids is 1. The van der Waals surface area contributed by atoms with Crippen LogP contribution < -0.4 is 5.14 Å². The van der Waals surface area contributed by atoms with Crippen molar-refractivity contribution in [2.24, 2.45) is 5.14 Å². The van der Waals surface area contributed by atoms with Crippen molar-refractivity contribution in [3.63, 3.8) is 0 Å². The molecule has 0 saturated carbocycles. The smallest absolute Gasteiger partial charge is 0.338 e. The predicted molar refractivity (Wildman–Crippen MR) is 164 cm³/mol. The fourth-order valence-corrected chi connectivity index (χ4v) is 6.98. The molecular formula is C34H36N2O5S. The van der Waals surface area contributed by atoms with E-state index in [2.05, 4.69) is 4.98 Å². The minimum Gasteiger partial charge on any atom is -0.512 e. The number of aliphatic hydroxyl groups excluding tert-OH is 1. The van der Waals surface area contributed by atoms with E-state index < -0.39 is 27.5 Å². The molecule has 0 amide bonds. The molecule has 0 radical (unpaired) electrons. The number of sulfonamides is 1. The van der Waals surface area contributed by atoms with Crippen molar-refractivity contribution in [3.05, 3.63) is 107 Å². The second-order valence-electron chi connectivity index (χ2n) is 10.9. The Morgan fingerprint density at radius 3 is 2.21 bits per heavy atom. The Labute approximate surface area is 247 Å². The van der Waals surface area contributed by atoms with E-state index in [0.717, 1.165) is 12.0 Å². The number of hydrogen-bond donors (Lipinski definition) is 2. The zero-order chi connectivity index (χ0) is 29.9. The number of nitrogens with two attached hydrogens (primary N) is 1. The molecular weight excluding hydrogens is 548 g/mol. The first-order valence-electron chi connectivity index (χ1n) is 14.4. The number of rotatable bonds is 10. The molecule has 2 heterocycles. The molecule has 0 bridgehead atoms. The lowest BCUT2D eigenvalue weighted by Crippen LogP contribution is -2.41. The third-order valence-corrected chi connectivity index (χ3v) is 8.92. The van der Waals surface area contributed by atoms with Crippen LogP contribution in [0.3, 0.4) is 0 Å². The predicted octanol–water partition coefficient (Wildman–Crippen LogP) is 6.97. The summed E-state index contributed by atoms with van der Waals surface area (Å²) >= 11 is 0. The summed E-state index contributed by atoms with van der Waals surface area (Å²) in [5.41, 5.74) is 2.38. The Balaban J connectivity index is 1.69. The summed E-state index contributed by atoms with van der Waals surface area (Å²) in [4.78, 5) is 18.4. The Kier molecular flexibility index (Phi) is 8.48. The van der Waals surface area contributed by atoms with Crippen molar-refractivity contribution in [1.29, 1.82) is 0 Å². The number of ether oxygens (including phenoxy) is 1. The van der Waals surface area contributed by atoms with Gasteiger partial charge in [-0.15, -0.1) is 0 Å². The summed E-state index contributed by atoms with van der Waals surface area (Å²) in [5, 5.41) is 17.8. The van der Waals surface area contributed by atoms with Gasteiger partial charge in [-0.05, 0) is 48.4 Å². The van der Waals surface area contributed by atoms with E-state index in [4.69, 9.17) is 9.88 Å². The Hall–Kier alpha value is -4.01. The third-order valence-electron chi connectivity index (χ3n) is 8.08. The van der Waals surface area contributed by atoms with Crippen molar-refractivity contribution in [3.8, 4) is 11.1 Å². The van der Waals surface area contributed by atoms with Crippen LogP contribution in [0.1, 0.15) is 63.0 Å². The molecule has 2 atom stereocenters. The minimum atomic E-state index is -4.26. The van der Waals surface area contributed by atoms with Crippen molar-refractivity contribution < 1.29 is 23.1 Å². The molecule has 4 aromatic rings. The number of cyclic esters (lactones) is 1. The number of carbonyl (C=O) groups is 1. The summed E-state index contributed by atoms with van der Waals surface area (Å²) in [6.45, 7) is 3.94. The van der Waals surface area contributed by atoms with E-state index in [1.54, 1.807) is 36.4 Å². The van der Waals surface area contributed by atoms with E-state index in [1.165, 1.54) is 0 Å². The normalized spacial score (nSPS) is 18.2. The summed E-state index contributed by atoms with van der Waals surface area (Å²) in [7, 11) is -4.26. The lowest BCUT2D eigenvalue weighted by molar-refractivity contribution is -0.161. The molecule has 0 aliphatic carbocycles. The third kappa shape index (κ3) is 5.82. The van der Waals surface area contributed by atoms with E-state index in [-0.39, 0.29) is 22.8 Å². The lowest BCUT2D eigenvalue weighted by Gasteiger charge is -2.39. The molecule has 3 N–H and O–H groups in total. The molecule has 7 nitrogen and oxygen atoms in total. The van der Waals surface area contributed by atoms with Gasteiger partial charge in [-0.1, -0.05) is 99.1 Å². The molecule has 0 spiro atoms. The Morgan fingerprint density at radius 1 is 0.952 bits per heavy atom. The number of esters is 1. The van der Waals surface area contributed by atoms with Gasteiger partial charge in [-0.3, -0.25) is 0 Å². The maximum absolute atomic E-state index is 13.9. The van der Waals surface area contributed by atoms with Gasteiger partial charge in [0.2, 0.25) is 0 Å². The van der Waals surface area contributed by atoms with E-state index >= 15 is 0 Å². The Morgan fingerprint density at radius 2 is 1.60 bits per heavy atom. The van der Waals surface area contributed by atoms with Crippen molar-refractivity contribution in [2.75, 3.05) is 0 Å². The number of para-hydroxylation sites is 1. The summed E-state index contributed by atoms with van der Waals surface area (Å²) in [6.07, 6.45) is 3.27. The lowest BCUT2D eigenvalue weighted by atomic mass is 9.77. The molecule has 5 rings (SSSR count). The van der Waals surface area contributed by atoms with Crippen LogP contribution >= 0.6 is 0 Å². The average Bonchev–Trinajstić information content (AvgIpc) is 2.98. The van der Waals surface area contributed by atoms with Gasteiger partial charge < -0.3 is 9.84 Å². The number of aryl methyl sites for hydroxylation is 1. The first-order chi connectivity index (χ1) is 20.2. The minimum absolute atomic E-state index is 0.0170. The van der Waals surface area contributed by atoms with Crippen LogP contribution in [0.25, 0.3) is 22.0 Å². The van der Waals surface area contributed by atoms with Gasteiger partial charge in [0.1, 0.15) is 11.4 Å². The van der Waals surface area contributed by atoms with Gasteiger partial charge in [-0.2, -0.15) is 0 Å². The zero-order valence-corrected chi connectivity index (χ0v) is 24.7. The number of fused-ring (bicyclic) bond motifs is 1. The Bertz CT molecular complexity index is 1740. The number of aliphatic hydroxyl groups is 1. The van der Waals surface area contributed by atoms with Crippen molar-refractivity contribution >= 4 is 26.9 Å². The van der Waals surface area contributed by atoms with Crippen LogP contribution in [0.4, 0.5) is 0 Å². The fourth-order valence-electron chi connectivity index (χ4n) is 6.24. The molecule has 218 valence electrons. The monoisotopic (exact) mass is 584 g/mol. The molecule has 0 saturated heterocycles. The number of benzene rings is 3. The highest BCUT2D eigenvalue weighted by Gasteiger charge is 2.44. The van der Waals surface area contributed by atoms with E-state index in [0.29, 0.717) is 53.3 Å². The van der Waals surface area contributed by atoms with Crippen LogP contribution in [0.15, 0.2) is 101 Å². The summed E-state index contributed by atoms with van der Waals surface area (Å²) in [6, 6.07) is 26.2. The van der Waals surface area contributed by atoms with Crippen LogP contribution in [0.5, 0.6) is 0 Å². The van der Waals surface area contributed by atoms with Crippen LogP contribution in [-0.2, 0) is 26.0 Å². The van der Waals surface area contributed by atoms with Crippen molar-refractivity contribution in [1.82, 2.24) is 4.98 Å². The van der Waals surface area contributed by atoms with Gasteiger partial charge in [0.15, 0.2) is 5.03 Å². The standard InChI is InChI=1S/C34H36N2O5S/c1-3-20-34(21-19-23-13-7-5-8-14-23)22-28(37)31(33(38)41-34)25(4-2)30-26-17-11-12-18-27(26)36-32(42(35,39)40)29(30)24-15-9-6-10-16-24/h5-18,25,37H,3-4,19-22H2,1-2H3,(H2,35,39,40). The van der Waals surface area contributed by atoms with Gasteiger partial charge >= 0.3 is 5.97 Å². The molecule has 0 fully saturated rings. The van der Waals surface area contributed by atoms with Gasteiger partial charge in [-0.25, -0.2) is 23.3 Å². The van der Waals surface area contributed by atoms with E-state index in [1.807, 2.05) is 62.4 Å². The highest BCUT2D eigenvalue weighted by atomic mass is 32.2. The van der Waals surface area contributed by atoms with Crippen molar-refractivity contribution in [2.45, 2.75) is 68.9 Å². The molecule has 42 heavy (non-hydrogen) atoms. The molecule has 1 aliphatic heterocycles. The molecule has 1 aliphatic rings. The molecule has 3 aromatic carbocycles. The fraction of sp³-hybridized carbons (Fsp3) is 0.294. The summed E-state index contributed by atoms with van der Waals surface area (Å²) < 4.78 is 32.2. The number of primary sulfonamides is 1. The maximum Gasteiger partial charge on any atom is 0.338 e. The topological polar surface area (TPSA) is 120 Å². The number of hydrogen-bond acceptors (Lipinski definition) is 6. The zero-order valence-electron chi connectivity index (χ0n) is 23.9. The molecule has 2 unspecified atom stereocenters. The SMILES string of the molecule is CCCC1(CCc2ccccc2)CC(O)=C(C(CC)c2c(-c3ccccc3)c(S(N)(=O)=O)nc3ccccc23)C(=O)O1. The summed E-state index contributed by atoms with van der Waals surface area (Å²) in [5.74, 6) is -1.27. The van der Waals surface area contributed by atoms with Crippen LogP contribution in [-0.4, -0.2) is 30.1 Å². The second kappa shape index (κ2) is 12.1. The van der Waals surface area contributed by atoms with E-state index in [9.17, 15) is 18.3 Å². The first-order valence-corrected chi connectivity index (χ1v) is 15.9. The van der Waals surface area contributed by atoms with Gasteiger partial charge in [0.05, 0.1) is 11.1 Å². The number of pyridine rings is 1. The maximum atomic E-state index is 13.9. The highest BCUT2D eigenvalue weighted by molar-refractivity contribution is 7.89. The average molecular weight is 585 g/mol. The second-order valence-corrected chi connectivity index (χ2v) is 12.4.